The Labute approximate surface area is 48.5 Å². The fourth-order valence-corrected chi connectivity index (χ4v) is 1.48. The summed E-state index contributed by atoms with van der Waals surface area (Å²) in [5, 5.41) is 0. The van der Waals surface area contributed by atoms with Crippen molar-refractivity contribution >= 4 is 5.91 Å². The van der Waals surface area contributed by atoms with Gasteiger partial charge in [-0.15, -0.1) is 0 Å². The van der Waals surface area contributed by atoms with Crippen molar-refractivity contribution in [2.24, 2.45) is 5.92 Å². The standard InChI is InChI=1S/C6H9NO/c1-7-5-2-4(5)3-6(7)8/h4-5H,2-3H2,1H3. The summed E-state index contributed by atoms with van der Waals surface area (Å²) in [6.07, 6.45) is 2.09. The molecule has 1 amide bonds. The van der Waals surface area contributed by atoms with E-state index in [-0.39, 0.29) is 0 Å². The first-order chi connectivity index (χ1) is 3.79. The minimum Gasteiger partial charge on any atom is -0.342 e. The minimum absolute atomic E-state index is 0.339. The molecule has 2 unspecified atom stereocenters. The van der Waals surface area contributed by atoms with E-state index in [0.717, 1.165) is 12.3 Å². The van der Waals surface area contributed by atoms with Crippen molar-refractivity contribution in [1.82, 2.24) is 4.90 Å². The molecule has 2 atom stereocenters. The fraction of sp³-hybridized carbons (Fsp3) is 0.833. The van der Waals surface area contributed by atoms with Crippen LogP contribution in [0.3, 0.4) is 0 Å². The summed E-state index contributed by atoms with van der Waals surface area (Å²) in [6.45, 7) is 0. The van der Waals surface area contributed by atoms with Crippen molar-refractivity contribution in [3.8, 4) is 0 Å². The molecular formula is C6H9NO. The van der Waals surface area contributed by atoms with E-state index in [1.54, 1.807) is 0 Å². The largest absolute Gasteiger partial charge is 0.342 e. The summed E-state index contributed by atoms with van der Waals surface area (Å²) >= 11 is 0. The number of rotatable bonds is 0. The van der Waals surface area contributed by atoms with Gasteiger partial charge in [-0.05, 0) is 12.3 Å². The molecule has 0 spiro atoms. The average molecular weight is 111 g/mol. The maximum atomic E-state index is 10.7. The third-order valence-corrected chi connectivity index (χ3v) is 2.21. The first kappa shape index (κ1) is 4.36. The number of hydrogen-bond donors (Lipinski definition) is 0. The van der Waals surface area contributed by atoms with Gasteiger partial charge in [0.25, 0.3) is 0 Å². The van der Waals surface area contributed by atoms with Crippen molar-refractivity contribution in [3.63, 3.8) is 0 Å². The molecule has 0 aromatic heterocycles. The molecule has 2 heteroatoms. The van der Waals surface area contributed by atoms with Gasteiger partial charge in [0.05, 0.1) is 0 Å². The summed E-state index contributed by atoms with van der Waals surface area (Å²) in [7, 11) is 1.90. The monoisotopic (exact) mass is 111 g/mol. The molecule has 2 nitrogen and oxygen atoms in total. The molecule has 0 bridgehead atoms. The quantitative estimate of drug-likeness (QED) is 0.438. The summed E-state index contributed by atoms with van der Waals surface area (Å²) in [5.74, 6) is 1.08. The lowest BCUT2D eigenvalue weighted by molar-refractivity contribution is -0.127. The highest BCUT2D eigenvalue weighted by molar-refractivity contribution is 5.80. The third kappa shape index (κ3) is 0.358. The molecule has 1 saturated carbocycles. The van der Waals surface area contributed by atoms with Crippen LogP contribution in [0.15, 0.2) is 0 Å². The highest BCUT2D eigenvalue weighted by Crippen LogP contribution is 2.43. The van der Waals surface area contributed by atoms with E-state index >= 15 is 0 Å². The van der Waals surface area contributed by atoms with Crippen molar-refractivity contribution in [3.05, 3.63) is 0 Å². The molecule has 1 heterocycles. The fourth-order valence-electron chi connectivity index (χ4n) is 1.48. The molecule has 2 rings (SSSR count). The summed E-state index contributed by atoms with van der Waals surface area (Å²) in [6, 6.07) is 0.641. The Morgan fingerprint density at radius 1 is 1.75 bits per heavy atom. The highest BCUT2D eigenvalue weighted by atomic mass is 16.2. The van der Waals surface area contributed by atoms with Crippen molar-refractivity contribution in [2.45, 2.75) is 18.9 Å². The maximum absolute atomic E-state index is 10.7. The Morgan fingerprint density at radius 2 is 2.50 bits per heavy atom. The maximum Gasteiger partial charge on any atom is 0.222 e. The van der Waals surface area contributed by atoms with Crippen LogP contribution >= 0.6 is 0 Å². The Morgan fingerprint density at radius 3 is 2.75 bits per heavy atom. The van der Waals surface area contributed by atoms with Gasteiger partial charge in [0.2, 0.25) is 5.91 Å². The van der Waals surface area contributed by atoms with Gasteiger partial charge < -0.3 is 4.90 Å². The first-order valence-electron chi connectivity index (χ1n) is 3.04. The van der Waals surface area contributed by atoms with Crippen LogP contribution in [-0.2, 0) is 4.79 Å². The zero-order valence-electron chi connectivity index (χ0n) is 4.92. The van der Waals surface area contributed by atoms with Crippen LogP contribution in [-0.4, -0.2) is 23.9 Å². The summed E-state index contributed by atoms with van der Waals surface area (Å²) < 4.78 is 0. The number of likely N-dealkylation sites (tertiary alicyclic amines) is 1. The second-order valence-electron chi connectivity index (χ2n) is 2.77. The molecule has 1 saturated heterocycles. The molecule has 0 aromatic rings. The van der Waals surface area contributed by atoms with Crippen LogP contribution in [0.2, 0.25) is 0 Å². The van der Waals surface area contributed by atoms with E-state index in [2.05, 4.69) is 0 Å². The number of carbonyl (C=O) groups excluding carboxylic acids is 1. The van der Waals surface area contributed by atoms with E-state index < -0.39 is 0 Å². The molecule has 1 aliphatic carbocycles. The van der Waals surface area contributed by atoms with Crippen LogP contribution in [0, 0.1) is 5.92 Å². The van der Waals surface area contributed by atoms with E-state index in [1.807, 2.05) is 11.9 Å². The van der Waals surface area contributed by atoms with E-state index in [0.29, 0.717) is 11.9 Å². The molecule has 1 aliphatic heterocycles. The normalized spacial score (nSPS) is 42.6. The van der Waals surface area contributed by atoms with Gasteiger partial charge >= 0.3 is 0 Å². The Balaban J connectivity index is 2.19. The van der Waals surface area contributed by atoms with Crippen LogP contribution in [0.4, 0.5) is 0 Å². The van der Waals surface area contributed by atoms with Gasteiger partial charge in [-0.3, -0.25) is 4.79 Å². The second kappa shape index (κ2) is 1.07. The van der Waals surface area contributed by atoms with Gasteiger partial charge in [-0.2, -0.15) is 0 Å². The molecule has 8 heavy (non-hydrogen) atoms. The summed E-state index contributed by atoms with van der Waals surface area (Å²) in [5.41, 5.74) is 0. The lowest BCUT2D eigenvalue weighted by Crippen LogP contribution is -2.22. The van der Waals surface area contributed by atoms with Crippen LogP contribution < -0.4 is 0 Å². The van der Waals surface area contributed by atoms with Gasteiger partial charge in [0, 0.05) is 19.5 Å². The molecule has 0 aromatic carbocycles. The number of fused-ring (bicyclic) bond motifs is 1. The van der Waals surface area contributed by atoms with Gasteiger partial charge in [0.1, 0.15) is 0 Å². The van der Waals surface area contributed by atoms with Gasteiger partial charge in [0.15, 0.2) is 0 Å². The van der Waals surface area contributed by atoms with E-state index in [9.17, 15) is 4.79 Å². The van der Waals surface area contributed by atoms with Crippen LogP contribution in [0.1, 0.15) is 12.8 Å². The minimum atomic E-state index is 0.339. The molecule has 0 radical (unpaired) electrons. The molecule has 2 fully saturated rings. The molecule has 44 valence electrons. The molecular weight excluding hydrogens is 102 g/mol. The topological polar surface area (TPSA) is 20.3 Å². The van der Waals surface area contributed by atoms with Gasteiger partial charge in [-0.25, -0.2) is 0 Å². The highest BCUT2D eigenvalue weighted by Gasteiger charge is 2.49. The third-order valence-electron chi connectivity index (χ3n) is 2.21. The molecule has 2 aliphatic rings. The number of hydrogen-bond acceptors (Lipinski definition) is 1. The number of nitrogens with zero attached hydrogens (tertiary/aromatic N) is 1. The van der Waals surface area contributed by atoms with Crippen molar-refractivity contribution < 1.29 is 4.79 Å². The van der Waals surface area contributed by atoms with E-state index in [4.69, 9.17) is 0 Å². The lowest BCUT2D eigenvalue weighted by Gasteiger charge is -2.08. The van der Waals surface area contributed by atoms with E-state index in [1.165, 1.54) is 6.42 Å². The Bertz CT molecular complexity index is 143. The second-order valence-corrected chi connectivity index (χ2v) is 2.77. The predicted octanol–water partition coefficient (Wildman–Crippen LogP) is 0.237. The zero-order valence-corrected chi connectivity index (χ0v) is 4.92. The predicted molar refractivity (Wildman–Crippen MR) is 29.3 cm³/mol. The zero-order chi connectivity index (χ0) is 5.72. The lowest BCUT2D eigenvalue weighted by atomic mass is 10.3. The average Bonchev–Trinajstić information content (AvgIpc) is 2.39. The molecule has 0 N–H and O–H groups in total. The van der Waals surface area contributed by atoms with Crippen LogP contribution in [0.25, 0.3) is 0 Å². The smallest absolute Gasteiger partial charge is 0.222 e. The van der Waals surface area contributed by atoms with Crippen molar-refractivity contribution in [2.75, 3.05) is 7.05 Å². The SMILES string of the molecule is CN1C(=O)CC2CC21. The Kier molecular flexibility index (Phi) is 0.581. The van der Waals surface area contributed by atoms with Crippen molar-refractivity contribution in [1.29, 1.82) is 0 Å². The summed E-state index contributed by atoms with van der Waals surface area (Å²) in [4.78, 5) is 12.6. The van der Waals surface area contributed by atoms with Gasteiger partial charge in [-0.1, -0.05) is 0 Å². The first-order valence-corrected chi connectivity index (χ1v) is 3.04. The number of piperidine rings is 1. The number of amides is 1. The number of carbonyl (C=O) groups is 1. The van der Waals surface area contributed by atoms with Crippen LogP contribution in [0.5, 0.6) is 0 Å². The Hall–Kier alpha value is -0.530.